The van der Waals surface area contributed by atoms with Crippen LogP contribution in [0, 0.1) is 0 Å². The van der Waals surface area contributed by atoms with E-state index in [0.717, 1.165) is 66.8 Å². The molecule has 0 unspecified atom stereocenters. The van der Waals surface area contributed by atoms with Crippen molar-refractivity contribution in [2.75, 3.05) is 51.0 Å². The van der Waals surface area contributed by atoms with Gasteiger partial charge in [-0.3, -0.25) is 4.90 Å². The predicted octanol–water partition coefficient (Wildman–Crippen LogP) is 3.92. The van der Waals surface area contributed by atoms with Gasteiger partial charge in [0.2, 0.25) is 0 Å². The molecule has 2 aromatic heterocycles. The molecule has 2 aromatic carbocycles. The van der Waals surface area contributed by atoms with E-state index in [1.165, 1.54) is 5.69 Å². The van der Waals surface area contributed by atoms with E-state index in [9.17, 15) is 0 Å². The lowest BCUT2D eigenvalue weighted by atomic mass is 10.1. The molecule has 1 fully saturated rings. The number of hydrogen-bond acceptors (Lipinski definition) is 6. The number of fused-ring (bicyclic) bond motifs is 1. The maximum atomic E-state index is 6.14. The number of nitrogen functional groups attached to an aromatic ring is 1. The molecule has 170 valence electrons. The molecule has 0 bridgehead atoms. The first-order valence-corrected chi connectivity index (χ1v) is 11.2. The Balaban J connectivity index is 1.49. The van der Waals surface area contributed by atoms with Crippen LogP contribution in [0.2, 0.25) is 0 Å². The third-order valence-corrected chi connectivity index (χ3v) is 6.27. The van der Waals surface area contributed by atoms with Crippen LogP contribution in [0.25, 0.3) is 16.9 Å². The molecule has 0 aliphatic carbocycles. The largest absolute Gasteiger partial charge is 0.497 e. The molecule has 0 atom stereocenters. The van der Waals surface area contributed by atoms with Crippen molar-refractivity contribution in [3.8, 4) is 22.8 Å². The number of nitrogens with zero attached hydrogens (tertiary/aromatic N) is 4. The molecule has 4 aromatic rings. The zero-order chi connectivity index (χ0) is 22.8. The van der Waals surface area contributed by atoms with Crippen molar-refractivity contribution >= 4 is 17.0 Å². The van der Waals surface area contributed by atoms with E-state index in [-0.39, 0.29) is 0 Å². The van der Waals surface area contributed by atoms with Crippen LogP contribution in [-0.2, 0) is 6.54 Å². The van der Waals surface area contributed by atoms with E-state index in [0.29, 0.717) is 5.69 Å². The van der Waals surface area contributed by atoms with Crippen LogP contribution in [0.4, 0.5) is 11.4 Å². The zero-order valence-electron chi connectivity index (χ0n) is 19.1. The Bertz CT molecular complexity index is 1250. The fraction of sp³-hybridized carbons (Fsp3) is 0.269. The molecule has 2 N–H and O–H groups in total. The maximum Gasteiger partial charge on any atom is 0.137 e. The van der Waals surface area contributed by atoms with Crippen molar-refractivity contribution in [3.63, 3.8) is 0 Å². The summed E-state index contributed by atoms with van der Waals surface area (Å²) in [5, 5.41) is 0. The van der Waals surface area contributed by atoms with E-state index in [1.807, 2.05) is 36.5 Å². The van der Waals surface area contributed by atoms with E-state index in [2.05, 4.69) is 44.5 Å². The first-order valence-electron chi connectivity index (χ1n) is 11.2. The summed E-state index contributed by atoms with van der Waals surface area (Å²) >= 11 is 0. The number of para-hydroxylation sites is 1. The predicted molar refractivity (Wildman–Crippen MR) is 132 cm³/mol. The Morgan fingerprint density at radius 2 is 1.70 bits per heavy atom. The quantitative estimate of drug-likeness (QED) is 0.487. The van der Waals surface area contributed by atoms with Crippen molar-refractivity contribution in [2.45, 2.75) is 6.54 Å². The summed E-state index contributed by atoms with van der Waals surface area (Å²) in [4.78, 5) is 9.88. The summed E-state index contributed by atoms with van der Waals surface area (Å²) in [6.07, 6.45) is 1.95. The second kappa shape index (κ2) is 9.03. The molecule has 7 nitrogen and oxygen atoms in total. The lowest BCUT2D eigenvalue weighted by molar-refractivity contribution is 0.247. The molecule has 0 spiro atoms. The lowest BCUT2D eigenvalue weighted by Crippen LogP contribution is -2.46. The summed E-state index contributed by atoms with van der Waals surface area (Å²) in [7, 11) is 3.35. The van der Waals surface area contributed by atoms with Gasteiger partial charge in [-0.05, 0) is 42.5 Å². The van der Waals surface area contributed by atoms with Crippen LogP contribution < -0.4 is 20.1 Å². The third kappa shape index (κ3) is 4.19. The number of piperazine rings is 1. The average Bonchev–Trinajstić information content (AvgIpc) is 3.21. The zero-order valence-corrected chi connectivity index (χ0v) is 19.1. The molecule has 1 saturated heterocycles. The minimum Gasteiger partial charge on any atom is -0.497 e. The van der Waals surface area contributed by atoms with Gasteiger partial charge in [0.1, 0.15) is 17.1 Å². The Hall–Kier alpha value is -3.71. The average molecular weight is 444 g/mol. The van der Waals surface area contributed by atoms with E-state index >= 15 is 0 Å². The van der Waals surface area contributed by atoms with Crippen molar-refractivity contribution in [1.29, 1.82) is 0 Å². The number of ether oxygens (including phenoxy) is 2. The molecule has 1 aliphatic heterocycles. The van der Waals surface area contributed by atoms with Crippen LogP contribution >= 0.6 is 0 Å². The van der Waals surface area contributed by atoms with Crippen LogP contribution in [0.1, 0.15) is 5.69 Å². The first-order chi connectivity index (χ1) is 16.2. The third-order valence-electron chi connectivity index (χ3n) is 6.27. The normalized spacial score (nSPS) is 14.5. The van der Waals surface area contributed by atoms with Gasteiger partial charge in [-0.25, -0.2) is 4.98 Å². The molecule has 3 heterocycles. The molecule has 33 heavy (non-hydrogen) atoms. The Morgan fingerprint density at radius 1 is 0.909 bits per heavy atom. The molecule has 1 aliphatic rings. The van der Waals surface area contributed by atoms with Crippen molar-refractivity contribution in [2.24, 2.45) is 0 Å². The standard InChI is InChI=1S/C26H29N5O2/c1-32-21-9-10-24(33-2)22(16-21)26-23(31-17-19(27)8-11-25(31)28-26)18-29-12-14-30(15-13-29)20-6-4-3-5-7-20/h3-11,16-17H,12-15,18,27H2,1-2H3. The number of rotatable bonds is 6. The summed E-state index contributed by atoms with van der Waals surface area (Å²) in [5.41, 5.74) is 11.9. The van der Waals surface area contributed by atoms with Crippen LogP contribution in [-0.4, -0.2) is 54.7 Å². The Kier molecular flexibility index (Phi) is 5.79. The number of anilines is 2. The topological polar surface area (TPSA) is 68.3 Å². The van der Waals surface area contributed by atoms with Crippen LogP contribution in [0.5, 0.6) is 11.5 Å². The van der Waals surface area contributed by atoms with Gasteiger partial charge in [0.05, 0.1) is 25.6 Å². The minimum atomic E-state index is 0.708. The van der Waals surface area contributed by atoms with Gasteiger partial charge >= 0.3 is 0 Å². The van der Waals surface area contributed by atoms with Gasteiger partial charge in [-0.2, -0.15) is 0 Å². The number of aromatic nitrogens is 2. The molecule has 0 radical (unpaired) electrons. The molecular weight excluding hydrogens is 414 g/mol. The van der Waals surface area contributed by atoms with E-state index in [1.54, 1.807) is 14.2 Å². The van der Waals surface area contributed by atoms with Crippen LogP contribution in [0.15, 0.2) is 66.9 Å². The number of benzene rings is 2. The number of methoxy groups -OCH3 is 2. The van der Waals surface area contributed by atoms with Gasteiger partial charge in [0.25, 0.3) is 0 Å². The van der Waals surface area contributed by atoms with Crippen molar-refractivity contribution in [1.82, 2.24) is 14.3 Å². The second-order valence-corrected chi connectivity index (χ2v) is 8.26. The van der Waals surface area contributed by atoms with Crippen molar-refractivity contribution in [3.05, 3.63) is 72.6 Å². The lowest BCUT2D eigenvalue weighted by Gasteiger charge is -2.36. The van der Waals surface area contributed by atoms with Gasteiger partial charge < -0.3 is 24.5 Å². The number of nitrogens with two attached hydrogens (primary N) is 1. The van der Waals surface area contributed by atoms with Crippen LogP contribution in [0.3, 0.4) is 0 Å². The number of hydrogen-bond donors (Lipinski definition) is 1. The highest BCUT2D eigenvalue weighted by Crippen LogP contribution is 2.36. The SMILES string of the molecule is COc1ccc(OC)c(-c2nc3ccc(N)cn3c2CN2CCN(c3ccccc3)CC2)c1. The highest BCUT2D eigenvalue weighted by atomic mass is 16.5. The number of imidazole rings is 1. The summed E-state index contributed by atoms with van der Waals surface area (Å²) in [5.74, 6) is 1.53. The minimum absolute atomic E-state index is 0.708. The molecule has 5 rings (SSSR count). The van der Waals surface area contributed by atoms with Gasteiger partial charge in [0.15, 0.2) is 0 Å². The smallest absolute Gasteiger partial charge is 0.137 e. The van der Waals surface area contributed by atoms with E-state index < -0.39 is 0 Å². The second-order valence-electron chi connectivity index (χ2n) is 8.26. The summed E-state index contributed by atoms with van der Waals surface area (Å²) in [6.45, 7) is 4.68. The molecule has 7 heteroatoms. The highest BCUT2D eigenvalue weighted by molar-refractivity contribution is 5.74. The summed E-state index contributed by atoms with van der Waals surface area (Å²) in [6, 6.07) is 20.3. The summed E-state index contributed by atoms with van der Waals surface area (Å²) < 4.78 is 13.3. The van der Waals surface area contributed by atoms with Gasteiger partial charge in [0, 0.05) is 55.9 Å². The van der Waals surface area contributed by atoms with Gasteiger partial charge in [-0.1, -0.05) is 18.2 Å². The highest BCUT2D eigenvalue weighted by Gasteiger charge is 2.23. The fourth-order valence-electron chi connectivity index (χ4n) is 4.49. The van der Waals surface area contributed by atoms with E-state index in [4.69, 9.17) is 20.2 Å². The fourth-order valence-corrected chi connectivity index (χ4v) is 4.49. The van der Waals surface area contributed by atoms with Crippen molar-refractivity contribution < 1.29 is 9.47 Å². The maximum absolute atomic E-state index is 6.14. The Morgan fingerprint density at radius 3 is 2.42 bits per heavy atom. The monoisotopic (exact) mass is 443 g/mol. The van der Waals surface area contributed by atoms with Gasteiger partial charge in [-0.15, -0.1) is 0 Å². The molecule has 0 amide bonds. The first kappa shape index (κ1) is 21.2. The Labute approximate surface area is 194 Å². The molecule has 0 saturated carbocycles. The number of pyridine rings is 1. The molecular formula is C26H29N5O2.